The molecule has 3 nitrogen and oxygen atoms in total. The lowest BCUT2D eigenvalue weighted by Gasteiger charge is -2.00. The van der Waals surface area contributed by atoms with Gasteiger partial charge in [-0.05, 0) is 35.0 Å². The summed E-state index contributed by atoms with van der Waals surface area (Å²) in [5.41, 5.74) is 6.61. The van der Waals surface area contributed by atoms with Crippen LogP contribution >= 0.6 is 27.3 Å². The quantitative estimate of drug-likeness (QED) is 0.866. The van der Waals surface area contributed by atoms with Crippen LogP contribution in [0.3, 0.4) is 0 Å². The number of rotatable bonds is 1. The Kier molecular flexibility index (Phi) is 2.52. The Labute approximate surface area is 94.1 Å². The number of thiophene rings is 1. The fraction of sp³-hybridized carbons (Fsp3) is 0.111. The maximum Gasteiger partial charge on any atom is 0.171 e. The van der Waals surface area contributed by atoms with Crippen molar-refractivity contribution in [3.63, 3.8) is 0 Å². The molecule has 0 aliphatic carbocycles. The first-order chi connectivity index (χ1) is 6.66. The smallest absolute Gasteiger partial charge is 0.171 e. The normalized spacial score (nSPS) is 10.4. The molecule has 0 fully saturated rings. The monoisotopic (exact) mass is 269 g/mol. The van der Waals surface area contributed by atoms with Gasteiger partial charge >= 0.3 is 0 Å². The Bertz CT molecular complexity index is 467. The second-order valence-electron chi connectivity index (χ2n) is 2.87. The molecule has 0 atom stereocenters. The van der Waals surface area contributed by atoms with Gasteiger partial charge in [0.1, 0.15) is 5.82 Å². The van der Waals surface area contributed by atoms with E-state index in [0.717, 1.165) is 14.2 Å². The summed E-state index contributed by atoms with van der Waals surface area (Å²) in [5.74, 6) is 1.23. The maximum atomic E-state index is 5.71. The fourth-order valence-corrected chi connectivity index (χ4v) is 2.34. The molecule has 0 spiro atoms. The highest BCUT2D eigenvalue weighted by Crippen LogP contribution is 2.29. The van der Waals surface area contributed by atoms with Crippen molar-refractivity contribution < 1.29 is 0 Å². The Morgan fingerprint density at radius 2 is 2.21 bits per heavy atom. The topological polar surface area (TPSA) is 51.8 Å². The molecule has 5 heteroatoms. The molecule has 2 N–H and O–H groups in total. The minimum atomic E-state index is 0.541. The molecule has 2 heterocycles. The van der Waals surface area contributed by atoms with Crippen LogP contribution in [-0.4, -0.2) is 9.97 Å². The summed E-state index contributed by atoms with van der Waals surface area (Å²) in [5, 5.41) is 0. The third-order valence-electron chi connectivity index (χ3n) is 1.80. The molecule has 0 bridgehead atoms. The Morgan fingerprint density at radius 1 is 1.43 bits per heavy atom. The van der Waals surface area contributed by atoms with Crippen LogP contribution in [0.2, 0.25) is 0 Å². The molecule has 2 rings (SSSR count). The first kappa shape index (κ1) is 9.61. The molecule has 0 saturated carbocycles. The third kappa shape index (κ3) is 1.78. The van der Waals surface area contributed by atoms with Gasteiger partial charge in [0.2, 0.25) is 0 Å². The van der Waals surface area contributed by atoms with Gasteiger partial charge in [0.15, 0.2) is 5.82 Å². The van der Waals surface area contributed by atoms with Crippen molar-refractivity contribution in [2.45, 2.75) is 6.92 Å². The lowest BCUT2D eigenvalue weighted by atomic mass is 10.3. The molecule has 14 heavy (non-hydrogen) atoms. The Morgan fingerprint density at radius 3 is 2.79 bits per heavy atom. The van der Waals surface area contributed by atoms with Crippen LogP contribution in [0.1, 0.15) is 5.56 Å². The molecule has 0 unspecified atom stereocenters. The zero-order chi connectivity index (χ0) is 10.1. The Hall–Kier alpha value is -0.940. The number of nitrogens with two attached hydrogens (primary N) is 1. The van der Waals surface area contributed by atoms with Crippen molar-refractivity contribution >= 4 is 33.1 Å². The van der Waals surface area contributed by atoms with E-state index in [1.165, 1.54) is 0 Å². The van der Waals surface area contributed by atoms with Gasteiger partial charge in [0.25, 0.3) is 0 Å². The highest BCUT2D eigenvalue weighted by atomic mass is 79.9. The summed E-state index contributed by atoms with van der Waals surface area (Å²) in [6, 6.07) is 3.94. The predicted octanol–water partition coefficient (Wildman–Crippen LogP) is 2.86. The van der Waals surface area contributed by atoms with Gasteiger partial charge in [-0.25, -0.2) is 9.97 Å². The molecule has 72 valence electrons. The van der Waals surface area contributed by atoms with Gasteiger partial charge in [-0.2, -0.15) is 0 Å². The van der Waals surface area contributed by atoms with Crippen molar-refractivity contribution in [3.05, 3.63) is 27.7 Å². The molecule has 0 aromatic carbocycles. The van der Waals surface area contributed by atoms with E-state index in [4.69, 9.17) is 5.73 Å². The number of nitrogens with zero attached hydrogens (tertiary/aromatic N) is 2. The van der Waals surface area contributed by atoms with Crippen LogP contribution in [0, 0.1) is 6.92 Å². The van der Waals surface area contributed by atoms with Crippen LogP contribution in [-0.2, 0) is 0 Å². The van der Waals surface area contributed by atoms with Gasteiger partial charge < -0.3 is 5.73 Å². The number of hydrogen-bond acceptors (Lipinski definition) is 4. The number of aromatic nitrogens is 2. The van der Waals surface area contributed by atoms with Gasteiger partial charge in [-0.3, -0.25) is 0 Å². The second-order valence-corrected chi connectivity index (χ2v) is 5.33. The molecule has 0 radical (unpaired) electrons. The average molecular weight is 270 g/mol. The number of aryl methyl sites for hydroxylation is 1. The predicted molar refractivity (Wildman–Crippen MR) is 62.2 cm³/mol. The summed E-state index contributed by atoms with van der Waals surface area (Å²) in [4.78, 5) is 9.45. The van der Waals surface area contributed by atoms with Gasteiger partial charge in [-0.15, -0.1) is 11.3 Å². The first-order valence-electron chi connectivity index (χ1n) is 4.01. The minimum absolute atomic E-state index is 0.541. The van der Waals surface area contributed by atoms with Crippen LogP contribution in [0.25, 0.3) is 10.7 Å². The molecule has 0 aliphatic heterocycles. The molecule has 0 amide bonds. The van der Waals surface area contributed by atoms with E-state index >= 15 is 0 Å². The van der Waals surface area contributed by atoms with Crippen LogP contribution < -0.4 is 5.73 Å². The van der Waals surface area contributed by atoms with E-state index in [1.807, 2.05) is 19.1 Å². The van der Waals surface area contributed by atoms with Crippen molar-refractivity contribution in [2.75, 3.05) is 5.73 Å². The lowest BCUT2D eigenvalue weighted by molar-refractivity contribution is 1.16. The summed E-state index contributed by atoms with van der Waals surface area (Å²) in [7, 11) is 0. The lowest BCUT2D eigenvalue weighted by Crippen LogP contribution is -1.97. The van der Waals surface area contributed by atoms with E-state index in [9.17, 15) is 0 Å². The Balaban J connectivity index is 2.47. The SMILES string of the molecule is Cc1cnc(-c2ccc(Br)s2)nc1N. The highest BCUT2D eigenvalue weighted by Gasteiger charge is 2.05. The maximum absolute atomic E-state index is 5.71. The van der Waals surface area contributed by atoms with E-state index < -0.39 is 0 Å². The number of nitrogen functional groups attached to an aromatic ring is 1. The zero-order valence-corrected chi connectivity index (χ0v) is 9.89. The molecular weight excluding hydrogens is 262 g/mol. The van der Waals surface area contributed by atoms with Gasteiger partial charge in [0.05, 0.1) is 8.66 Å². The largest absolute Gasteiger partial charge is 0.383 e. The van der Waals surface area contributed by atoms with Crippen molar-refractivity contribution in [1.29, 1.82) is 0 Å². The summed E-state index contributed by atoms with van der Waals surface area (Å²) < 4.78 is 1.07. The zero-order valence-electron chi connectivity index (χ0n) is 7.49. The molecular formula is C9H8BrN3S. The van der Waals surface area contributed by atoms with Crippen LogP contribution in [0.4, 0.5) is 5.82 Å². The molecule has 2 aromatic heterocycles. The van der Waals surface area contributed by atoms with Gasteiger partial charge in [0, 0.05) is 11.8 Å². The molecule has 2 aromatic rings. The van der Waals surface area contributed by atoms with Gasteiger partial charge in [-0.1, -0.05) is 0 Å². The molecule has 0 aliphatic rings. The van der Waals surface area contributed by atoms with Crippen molar-refractivity contribution in [1.82, 2.24) is 9.97 Å². The fourth-order valence-electron chi connectivity index (χ4n) is 1.01. The van der Waals surface area contributed by atoms with Crippen molar-refractivity contribution in [2.24, 2.45) is 0 Å². The highest BCUT2D eigenvalue weighted by molar-refractivity contribution is 9.11. The van der Waals surface area contributed by atoms with E-state index in [2.05, 4.69) is 25.9 Å². The second kappa shape index (κ2) is 3.67. The summed E-state index contributed by atoms with van der Waals surface area (Å²) >= 11 is 4.99. The van der Waals surface area contributed by atoms with E-state index in [-0.39, 0.29) is 0 Å². The molecule has 0 saturated heterocycles. The third-order valence-corrected chi connectivity index (χ3v) is 3.42. The van der Waals surface area contributed by atoms with Crippen LogP contribution in [0.5, 0.6) is 0 Å². The van der Waals surface area contributed by atoms with Crippen LogP contribution in [0.15, 0.2) is 22.1 Å². The standard InChI is InChI=1S/C9H8BrN3S/c1-5-4-12-9(13-8(5)11)6-2-3-7(10)14-6/h2-4H,1H3,(H2,11,12,13). The van der Waals surface area contributed by atoms with E-state index in [0.29, 0.717) is 11.6 Å². The number of anilines is 1. The summed E-state index contributed by atoms with van der Waals surface area (Å²) in [6.07, 6.45) is 1.74. The van der Waals surface area contributed by atoms with E-state index in [1.54, 1.807) is 17.5 Å². The summed E-state index contributed by atoms with van der Waals surface area (Å²) in [6.45, 7) is 1.89. The number of halogens is 1. The first-order valence-corrected chi connectivity index (χ1v) is 5.62. The number of hydrogen-bond donors (Lipinski definition) is 1. The van der Waals surface area contributed by atoms with Crippen molar-refractivity contribution in [3.8, 4) is 10.7 Å². The average Bonchev–Trinajstić information content (AvgIpc) is 2.57. The minimum Gasteiger partial charge on any atom is -0.383 e.